The van der Waals surface area contributed by atoms with Crippen molar-refractivity contribution >= 4 is 45.1 Å². The molecule has 0 atom stereocenters. The second-order valence-corrected chi connectivity index (χ2v) is 5.80. The fraction of sp³-hybridized carbons (Fsp3) is 0.0714. The van der Waals surface area contributed by atoms with Crippen LogP contribution in [-0.2, 0) is 7.05 Å². The van der Waals surface area contributed by atoms with Crippen LogP contribution in [0.25, 0.3) is 22.2 Å². The molecule has 4 nitrogen and oxygen atoms in total. The Hall–Kier alpha value is -1.65. The molecule has 20 heavy (non-hydrogen) atoms. The lowest BCUT2D eigenvalue weighted by Crippen LogP contribution is -1.98. The molecule has 0 N–H and O–H groups in total. The third-order valence-electron chi connectivity index (χ3n) is 3.10. The number of rotatable bonds is 1. The lowest BCUT2D eigenvalue weighted by molar-refractivity contribution is 0.775. The van der Waals surface area contributed by atoms with E-state index in [0.29, 0.717) is 16.1 Å². The molecule has 6 heteroatoms. The smallest absolute Gasteiger partial charge is 0.1000 e. The van der Waals surface area contributed by atoms with E-state index in [-0.39, 0.29) is 0 Å². The number of aryl methyl sites for hydroxylation is 1. The number of pyridine rings is 1. The lowest BCUT2D eigenvalue weighted by Gasteiger charge is -2.11. The molecule has 3 rings (SSSR count). The molecule has 0 saturated heterocycles. The van der Waals surface area contributed by atoms with Gasteiger partial charge >= 0.3 is 0 Å². The molecule has 0 fully saturated rings. The number of nitrogens with zero attached hydrogens (tertiary/aromatic N) is 4. The van der Waals surface area contributed by atoms with Crippen LogP contribution in [0.1, 0.15) is 5.56 Å². The maximum absolute atomic E-state index is 9.41. The number of aromatic nitrogens is 3. The first-order chi connectivity index (χ1) is 9.63. The molecule has 0 saturated carbocycles. The monoisotopic (exact) mass is 394 g/mol. The van der Waals surface area contributed by atoms with Crippen LogP contribution in [0, 0.1) is 14.9 Å². The van der Waals surface area contributed by atoms with E-state index in [2.05, 4.69) is 38.7 Å². The Bertz CT molecular complexity index is 844. The van der Waals surface area contributed by atoms with Crippen LogP contribution < -0.4 is 0 Å². The van der Waals surface area contributed by atoms with E-state index in [1.54, 1.807) is 23.1 Å². The molecule has 2 aromatic heterocycles. The third kappa shape index (κ3) is 1.96. The van der Waals surface area contributed by atoms with Crippen molar-refractivity contribution in [2.45, 2.75) is 0 Å². The van der Waals surface area contributed by atoms with Crippen LogP contribution in [0.3, 0.4) is 0 Å². The third-order valence-corrected chi connectivity index (χ3v) is 4.28. The Morgan fingerprint density at radius 1 is 1.45 bits per heavy atom. The summed E-state index contributed by atoms with van der Waals surface area (Å²) >= 11 is 8.72. The van der Waals surface area contributed by atoms with Gasteiger partial charge in [-0.2, -0.15) is 10.4 Å². The van der Waals surface area contributed by atoms with Gasteiger partial charge in [-0.05, 0) is 40.8 Å². The highest BCUT2D eigenvalue weighted by Crippen LogP contribution is 2.38. The minimum atomic E-state index is 0.503. The fourth-order valence-electron chi connectivity index (χ4n) is 2.19. The Morgan fingerprint density at radius 2 is 2.25 bits per heavy atom. The molecule has 0 amide bonds. The Balaban J connectivity index is 2.47. The van der Waals surface area contributed by atoms with Crippen molar-refractivity contribution in [1.29, 1.82) is 5.26 Å². The first kappa shape index (κ1) is 13.3. The first-order valence-corrected chi connectivity index (χ1v) is 7.24. The number of hydrogen-bond acceptors (Lipinski definition) is 3. The molecule has 98 valence electrons. The van der Waals surface area contributed by atoms with E-state index >= 15 is 0 Å². The van der Waals surface area contributed by atoms with Gasteiger partial charge in [-0.25, -0.2) is 0 Å². The van der Waals surface area contributed by atoms with Gasteiger partial charge in [0.25, 0.3) is 0 Å². The Labute approximate surface area is 134 Å². The first-order valence-electron chi connectivity index (χ1n) is 5.78. The largest absolute Gasteiger partial charge is 0.267 e. The average Bonchev–Trinajstić information content (AvgIpc) is 2.78. The van der Waals surface area contributed by atoms with Gasteiger partial charge < -0.3 is 0 Å². The quantitative estimate of drug-likeness (QED) is 0.591. The predicted octanol–water partition coefficient (Wildman–Crippen LogP) is 3.76. The van der Waals surface area contributed by atoms with Gasteiger partial charge in [0, 0.05) is 24.2 Å². The molecule has 3 aromatic rings. The van der Waals surface area contributed by atoms with E-state index in [1.807, 2.05) is 19.2 Å². The molecule has 2 heterocycles. The number of fused-ring (bicyclic) bond motifs is 1. The zero-order chi connectivity index (χ0) is 14.3. The van der Waals surface area contributed by atoms with E-state index in [1.165, 1.54) is 0 Å². The molecular weight excluding hydrogens is 387 g/mol. The van der Waals surface area contributed by atoms with E-state index in [4.69, 9.17) is 11.6 Å². The van der Waals surface area contributed by atoms with Crippen LogP contribution in [0.2, 0.25) is 5.02 Å². The van der Waals surface area contributed by atoms with Crippen molar-refractivity contribution in [3.05, 3.63) is 44.7 Å². The molecule has 1 aromatic carbocycles. The summed E-state index contributed by atoms with van der Waals surface area (Å²) in [5.41, 5.74) is 2.77. The molecular formula is C14H8ClIN4. The maximum Gasteiger partial charge on any atom is 0.1000 e. The summed E-state index contributed by atoms with van der Waals surface area (Å²) in [5, 5.41) is 15.0. The number of hydrogen-bond donors (Lipinski definition) is 0. The second-order valence-electron chi connectivity index (χ2n) is 4.26. The maximum atomic E-state index is 9.41. The highest BCUT2D eigenvalue weighted by molar-refractivity contribution is 14.1. The van der Waals surface area contributed by atoms with E-state index in [9.17, 15) is 5.26 Å². The van der Waals surface area contributed by atoms with Crippen molar-refractivity contribution < 1.29 is 0 Å². The van der Waals surface area contributed by atoms with Crippen LogP contribution >= 0.6 is 34.2 Å². The summed E-state index contributed by atoms with van der Waals surface area (Å²) in [7, 11) is 1.84. The van der Waals surface area contributed by atoms with Gasteiger partial charge in [0.2, 0.25) is 0 Å². The van der Waals surface area contributed by atoms with Crippen LogP contribution in [0.4, 0.5) is 0 Å². The average molecular weight is 395 g/mol. The van der Waals surface area contributed by atoms with Crippen LogP contribution in [0.15, 0.2) is 30.6 Å². The fourth-order valence-corrected chi connectivity index (χ4v) is 3.29. The highest BCUT2D eigenvalue weighted by Gasteiger charge is 2.19. The van der Waals surface area contributed by atoms with Crippen molar-refractivity contribution in [2.75, 3.05) is 0 Å². The zero-order valence-electron chi connectivity index (χ0n) is 10.4. The molecule has 0 spiro atoms. The molecule has 0 bridgehead atoms. The topological polar surface area (TPSA) is 54.5 Å². The van der Waals surface area contributed by atoms with Crippen molar-refractivity contribution in [3.63, 3.8) is 0 Å². The molecule has 0 aliphatic rings. The SMILES string of the molecule is Cn1ncc(I)c1-c1c(C#N)cc2ncccc2c1Cl. The van der Waals surface area contributed by atoms with E-state index in [0.717, 1.165) is 20.2 Å². The molecule has 0 radical (unpaired) electrons. The highest BCUT2D eigenvalue weighted by atomic mass is 127. The van der Waals surface area contributed by atoms with Gasteiger partial charge in [0.15, 0.2) is 0 Å². The number of benzene rings is 1. The van der Waals surface area contributed by atoms with Crippen molar-refractivity contribution in [1.82, 2.24) is 14.8 Å². The van der Waals surface area contributed by atoms with Gasteiger partial charge in [0.05, 0.1) is 37.6 Å². The predicted molar refractivity (Wildman–Crippen MR) is 86.4 cm³/mol. The van der Waals surface area contributed by atoms with E-state index < -0.39 is 0 Å². The van der Waals surface area contributed by atoms with Crippen LogP contribution in [0.5, 0.6) is 0 Å². The Kier molecular flexibility index (Phi) is 3.36. The molecule has 0 aliphatic heterocycles. The standard InChI is InChI=1S/C14H8ClIN4/c1-20-14(10(16)7-19-20)12-8(6-17)5-11-9(13(12)15)3-2-4-18-11/h2-5,7H,1H3. The van der Waals surface area contributed by atoms with Crippen LogP contribution in [-0.4, -0.2) is 14.8 Å². The summed E-state index contributed by atoms with van der Waals surface area (Å²) in [6.45, 7) is 0. The molecule has 0 unspecified atom stereocenters. The summed E-state index contributed by atoms with van der Waals surface area (Å²) in [5.74, 6) is 0. The minimum Gasteiger partial charge on any atom is -0.267 e. The van der Waals surface area contributed by atoms with Gasteiger partial charge in [-0.3, -0.25) is 9.67 Å². The van der Waals surface area contributed by atoms with Gasteiger partial charge in [-0.15, -0.1) is 0 Å². The number of nitriles is 1. The van der Waals surface area contributed by atoms with Crippen molar-refractivity contribution in [3.8, 4) is 17.3 Å². The summed E-state index contributed by atoms with van der Waals surface area (Å²) in [6, 6.07) is 7.70. The summed E-state index contributed by atoms with van der Waals surface area (Å²) in [6.07, 6.45) is 3.44. The summed E-state index contributed by atoms with van der Waals surface area (Å²) < 4.78 is 2.68. The van der Waals surface area contributed by atoms with Gasteiger partial charge in [0.1, 0.15) is 0 Å². The molecule has 0 aliphatic carbocycles. The normalized spacial score (nSPS) is 10.7. The van der Waals surface area contributed by atoms with Crippen molar-refractivity contribution in [2.24, 2.45) is 7.05 Å². The Morgan fingerprint density at radius 3 is 2.90 bits per heavy atom. The second kappa shape index (κ2) is 5.04. The van der Waals surface area contributed by atoms with Gasteiger partial charge in [-0.1, -0.05) is 11.6 Å². The summed E-state index contributed by atoms with van der Waals surface area (Å²) in [4.78, 5) is 4.26. The lowest BCUT2D eigenvalue weighted by atomic mass is 10.0. The number of halogens is 2. The zero-order valence-corrected chi connectivity index (χ0v) is 13.3. The minimum absolute atomic E-state index is 0.503.